The van der Waals surface area contributed by atoms with Gasteiger partial charge in [-0.05, 0) is 99.6 Å². The van der Waals surface area contributed by atoms with Crippen molar-refractivity contribution in [2.75, 3.05) is 13.2 Å². The summed E-state index contributed by atoms with van der Waals surface area (Å²) in [5.74, 6) is -0.562. The zero-order valence-corrected chi connectivity index (χ0v) is 38.2. The Bertz CT molecular complexity index is 1570. The molecule has 0 spiro atoms. The predicted octanol–water partition coefficient (Wildman–Crippen LogP) is 9.71. The van der Waals surface area contributed by atoms with Gasteiger partial charge in [-0.15, -0.1) is 4.91 Å². The summed E-state index contributed by atoms with van der Waals surface area (Å²) in [5.41, 5.74) is -1.28. The number of nitrogens with zero attached hydrogens (tertiary/aromatic N) is 3. The molecule has 3 atom stereocenters. The van der Waals surface area contributed by atoms with Crippen LogP contribution in [-0.4, -0.2) is 79.0 Å². The van der Waals surface area contributed by atoms with E-state index in [9.17, 15) is 24.1 Å². The zero-order chi connectivity index (χ0) is 44.8. The number of rotatable bonds is 23. The lowest BCUT2D eigenvalue weighted by Gasteiger charge is -2.24. The number of ether oxygens (including phenoxy) is 4. The van der Waals surface area contributed by atoms with Gasteiger partial charge < -0.3 is 29.6 Å². The largest absolute Gasteiger partial charge is 0.490 e. The molecule has 18 heteroatoms. The van der Waals surface area contributed by atoms with Crippen molar-refractivity contribution >= 4 is 60.1 Å². The second-order valence-electron chi connectivity index (χ2n) is 16.9. The number of nitrogens with one attached hydrogen (secondary N) is 4. The number of halogens is 2. The molecule has 59 heavy (non-hydrogen) atoms. The van der Waals surface area contributed by atoms with Gasteiger partial charge in [0.15, 0.2) is 11.8 Å². The van der Waals surface area contributed by atoms with E-state index in [4.69, 9.17) is 42.1 Å². The van der Waals surface area contributed by atoms with Crippen molar-refractivity contribution in [3.8, 4) is 5.75 Å². The fourth-order valence-electron chi connectivity index (χ4n) is 5.35. The molecule has 4 N–H and O–H groups in total. The standard InChI is InChI=1S/C41H67Cl2N7O9/c1-12-14-16-19-29(45-25-47-37(53)58-40(6,7)8)32-27(23-28(42)34(33(32)43)56-22-18-21-44-36(52)57-39(3,4)5)24-30(50-55)35(51)49-31(20-17-15-13-2)46-26-48-38(54)59-41(9,10)11/h23,25-26,29-31H,12-22,24H2,1-11H3,(H,44,52)(H,49,51)(H,45,47,53)(H,46,48,54). The van der Waals surface area contributed by atoms with E-state index in [1.807, 2.05) is 6.92 Å². The summed E-state index contributed by atoms with van der Waals surface area (Å²) in [7, 11) is 0. The van der Waals surface area contributed by atoms with Crippen molar-refractivity contribution in [1.29, 1.82) is 0 Å². The molecule has 3 unspecified atom stereocenters. The van der Waals surface area contributed by atoms with Gasteiger partial charge in [0.2, 0.25) is 5.91 Å². The van der Waals surface area contributed by atoms with E-state index in [0.29, 0.717) is 36.8 Å². The van der Waals surface area contributed by atoms with Gasteiger partial charge in [0.25, 0.3) is 0 Å². The highest BCUT2D eigenvalue weighted by Gasteiger charge is 2.29. The molecular formula is C41H67Cl2N7O9. The van der Waals surface area contributed by atoms with Crippen molar-refractivity contribution in [3.05, 3.63) is 32.1 Å². The Balaban J connectivity index is 3.57. The van der Waals surface area contributed by atoms with Crippen LogP contribution in [0, 0.1) is 4.91 Å². The highest BCUT2D eigenvalue weighted by molar-refractivity contribution is 6.37. The average molecular weight is 873 g/mol. The lowest BCUT2D eigenvalue weighted by atomic mass is 9.92. The van der Waals surface area contributed by atoms with Crippen LogP contribution in [-0.2, 0) is 25.4 Å². The third kappa shape index (κ3) is 23.3. The summed E-state index contributed by atoms with van der Waals surface area (Å²) in [4.78, 5) is 71.9. The molecule has 334 valence electrons. The Morgan fingerprint density at radius 2 is 1.27 bits per heavy atom. The van der Waals surface area contributed by atoms with Crippen LogP contribution >= 0.6 is 23.2 Å². The number of benzene rings is 1. The van der Waals surface area contributed by atoms with Crippen molar-refractivity contribution in [2.24, 2.45) is 15.2 Å². The molecule has 1 aromatic rings. The highest BCUT2D eigenvalue weighted by atomic mass is 35.5. The molecule has 0 aliphatic heterocycles. The number of hydrogen-bond acceptors (Lipinski definition) is 12. The van der Waals surface area contributed by atoms with Gasteiger partial charge in [0, 0.05) is 18.5 Å². The van der Waals surface area contributed by atoms with Crippen LogP contribution in [0.2, 0.25) is 10.0 Å². The predicted molar refractivity (Wildman–Crippen MR) is 233 cm³/mol. The Morgan fingerprint density at radius 3 is 1.80 bits per heavy atom. The topological polar surface area (TPSA) is 207 Å². The number of hydrogen-bond donors (Lipinski definition) is 4. The third-order valence-electron chi connectivity index (χ3n) is 7.85. The molecule has 0 aliphatic carbocycles. The third-order valence-corrected chi connectivity index (χ3v) is 8.51. The molecule has 0 fully saturated rings. The molecule has 0 saturated carbocycles. The van der Waals surface area contributed by atoms with E-state index in [2.05, 4.69) is 43.4 Å². The van der Waals surface area contributed by atoms with Crippen LogP contribution in [0.25, 0.3) is 0 Å². The summed E-state index contributed by atoms with van der Waals surface area (Å²) in [5, 5.41) is 13.8. The van der Waals surface area contributed by atoms with E-state index in [1.54, 1.807) is 68.4 Å². The monoisotopic (exact) mass is 871 g/mol. The molecule has 0 saturated heterocycles. The van der Waals surface area contributed by atoms with Gasteiger partial charge in [-0.2, -0.15) is 0 Å². The van der Waals surface area contributed by atoms with Crippen molar-refractivity contribution < 1.29 is 38.1 Å². The number of unbranched alkanes of at least 4 members (excludes halogenated alkanes) is 4. The van der Waals surface area contributed by atoms with E-state index in [-0.39, 0.29) is 35.4 Å². The lowest BCUT2D eigenvalue weighted by molar-refractivity contribution is -0.123. The average Bonchev–Trinajstić information content (AvgIpc) is 3.08. The second kappa shape index (κ2) is 26.1. The van der Waals surface area contributed by atoms with Crippen LogP contribution in [0.15, 0.2) is 21.2 Å². The Morgan fingerprint density at radius 1 is 0.746 bits per heavy atom. The highest BCUT2D eigenvalue weighted by Crippen LogP contribution is 2.43. The van der Waals surface area contributed by atoms with Crippen LogP contribution in [0.3, 0.4) is 0 Å². The number of amides is 4. The number of aliphatic imine (C=N–C) groups is 2. The minimum atomic E-state index is -1.45. The van der Waals surface area contributed by atoms with E-state index >= 15 is 0 Å². The molecule has 0 heterocycles. The quantitative estimate of drug-likeness (QED) is 0.0271. The molecule has 0 bridgehead atoms. The molecular weight excluding hydrogens is 805 g/mol. The first kappa shape index (κ1) is 52.8. The maximum absolute atomic E-state index is 13.7. The summed E-state index contributed by atoms with van der Waals surface area (Å²) < 4.78 is 21.9. The smallest absolute Gasteiger partial charge is 0.412 e. The second-order valence-corrected chi connectivity index (χ2v) is 17.7. The normalized spacial score (nSPS) is 13.6. The zero-order valence-electron chi connectivity index (χ0n) is 36.7. The van der Waals surface area contributed by atoms with E-state index < -0.39 is 59.2 Å². The minimum absolute atomic E-state index is 0.101. The summed E-state index contributed by atoms with van der Waals surface area (Å²) >= 11 is 13.9. The van der Waals surface area contributed by atoms with E-state index in [0.717, 1.165) is 38.4 Å². The minimum Gasteiger partial charge on any atom is -0.490 e. The van der Waals surface area contributed by atoms with Crippen LogP contribution < -0.4 is 26.0 Å². The summed E-state index contributed by atoms with van der Waals surface area (Å²) in [6.07, 6.45) is 5.68. The molecule has 0 aromatic heterocycles. The van der Waals surface area contributed by atoms with Crippen LogP contribution in [0.5, 0.6) is 5.75 Å². The molecule has 0 aliphatic rings. The van der Waals surface area contributed by atoms with Crippen molar-refractivity contribution in [3.63, 3.8) is 0 Å². The van der Waals surface area contributed by atoms with Gasteiger partial charge in [0.05, 0.1) is 35.4 Å². The fourth-order valence-corrected chi connectivity index (χ4v) is 6.08. The SMILES string of the molecule is CCCCCC(N=CNC(=O)OC(C)(C)C)NC(=O)C(Cc1cc(Cl)c(OCCCNC(=O)OC(C)(C)C)c(Cl)c1C(CCCCC)N=CNC(=O)OC(C)(C)C)N=O. The van der Waals surface area contributed by atoms with Crippen LogP contribution in [0.1, 0.15) is 151 Å². The van der Waals surface area contributed by atoms with Crippen molar-refractivity contribution in [2.45, 2.75) is 175 Å². The Labute approximate surface area is 360 Å². The summed E-state index contributed by atoms with van der Waals surface area (Å²) in [6.45, 7) is 20.1. The number of carbonyl (C=O) groups excluding carboxylic acids is 4. The number of nitroso groups, excluding NO2 is 1. The number of alkyl carbamates (subject to hydrolysis) is 3. The van der Waals surface area contributed by atoms with E-state index in [1.165, 1.54) is 6.34 Å². The first-order valence-corrected chi connectivity index (χ1v) is 21.0. The molecule has 0 radical (unpaired) electrons. The molecule has 1 aromatic carbocycles. The summed E-state index contributed by atoms with van der Waals surface area (Å²) in [6, 6.07) is -0.573. The van der Waals surface area contributed by atoms with Gasteiger partial charge in [-0.25, -0.2) is 14.4 Å². The number of carbonyl (C=O) groups is 4. The van der Waals surface area contributed by atoms with Gasteiger partial charge >= 0.3 is 18.3 Å². The first-order chi connectivity index (χ1) is 27.5. The van der Waals surface area contributed by atoms with Crippen LogP contribution in [0.4, 0.5) is 14.4 Å². The Hall–Kier alpha value is -4.18. The van der Waals surface area contributed by atoms with Gasteiger partial charge in [0.1, 0.15) is 23.0 Å². The van der Waals surface area contributed by atoms with Gasteiger partial charge in [-0.3, -0.25) is 25.4 Å². The lowest BCUT2D eigenvalue weighted by Crippen LogP contribution is -2.41. The molecule has 4 amide bonds. The fraction of sp³-hybridized carbons (Fsp3) is 0.707. The maximum atomic E-state index is 13.7. The first-order valence-electron chi connectivity index (χ1n) is 20.3. The maximum Gasteiger partial charge on any atom is 0.412 e. The van der Waals surface area contributed by atoms with Gasteiger partial charge in [-0.1, -0.05) is 74.3 Å². The Kier molecular flexibility index (Phi) is 23.4. The molecule has 16 nitrogen and oxygen atoms in total. The van der Waals surface area contributed by atoms with Crippen molar-refractivity contribution in [1.82, 2.24) is 21.3 Å². The molecule has 1 rings (SSSR count).